The molecule has 100 valence electrons. The van der Waals surface area contributed by atoms with Gasteiger partial charge < -0.3 is 9.73 Å². The van der Waals surface area contributed by atoms with Crippen LogP contribution >= 0.6 is 0 Å². The van der Waals surface area contributed by atoms with Crippen molar-refractivity contribution in [3.63, 3.8) is 0 Å². The number of aryl methyl sites for hydroxylation is 1. The summed E-state index contributed by atoms with van der Waals surface area (Å²) in [5, 5.41) is 4.94. The molecule has 1 aromatic heterocycles. The van der Waals surface area contributed by atoms with Gasteiger partial charge in [0, 0.05) is 17.0 Å². The standard InChI is InChI=1S/C17H21NO/c1-3-14-15-10-6-7-11-16(15)19-17(14)12(2)18-13-8-4-5-9-13/h4-7,10-13,18H,3,8-9H2,1-2H3. The SMILES string of the molecule is CCc1c(C(C)NC2CC=CC2)oc2ccccc12. The molecular weight excluding hydrogens is 234 g/mol. The number of fused-ring (bicyclic) bond motifs is 1. The molecule has 0 aliphatic heterocycles. The third-order valence-electron chi connectivity index (χ3n) is 3.97. The van der Waals surface area contributed by atoms with Crippen molar-refractivity contribution in [1.29, 1.82) is 0 Å². The van der Waals surface area contributed by atoms with E-state index in [1.165, 1.54) is 10.9 Å². The van der Waals surface area contributed by atoms with Crippen molar-refractivity contribution in [2.45, 2.75) is 45.2 Å². The highest BCUT2D eigenvalue weighted by Gasteiger charge is 2.21. The largest absolute Gasteiger partial charge is 0.459 e. The highest BCUT2D eigenvalue weighted by Crippen LogP contribution is 2.31. The number of furan rings is 1. The number of nitrogens with one attached hydrogen (secondary N) is 1. The molecular formula is C17H21NO. The third kappa shape index (κ3) is 2.33. The summed E-state index contributed by atoms with van der Waals surface area (Å²) in [4.78, 5) is 0. The molecule has 3 rings (SSSR count). The minimum atomic E-state index is 0.271. The molecule has 1 N–H and O–H groups in total. The highest BCUT2D eigenvalue weighted by atomic mass is 16.3. The van der Waals surface area contributed by atoms with Crippen LogP contribution in [0.3, 0.4) is 0 Å². The normalized spacial score (nSPS) is 17.4. The lowest BCUT2D eigenvalue weighted by Crippen LogP contribution is -2.29. The molecule has 2 nitrogen and oxygen atoms in total. The minimum absolute atomic E-state index is 0.271. The summed E-state index contributed by atoms with van der Waals surface area (Å²) in [5.41, 5.74) is 2.36. The van der Waals surface area contributed by atoms with E-state index in [9.17, 15) is 0 Å². The van der Waals surface area contributed by atoms with E-state index >= 15 is 0 Å². The molecule has 1 aliphatic rings. The zero-order valence-corrected chi connectivity index (χ0v) is 11.6. The topological polar surface area (TPSA) is 25.2 Å². The molecule has 0 fully saturated rings. The zero-order chi connectivity index (χ0) is 13.2. The van der Waals surface area contributed by atoms with Gasteiger partial charge in [0.1, 0.15) is 11.3 Å². The van der Waals surface area contributed by atoms with Crippen LogP contribution in [0.5, 0.6) is 0 Å². The van der Waals surface area contributed by atoms with Gasteiger partial charge in [0.15, 0.2) is 0 Å². The Morgan fingerprint density at radius 2 is 2.00 bits per heavy atom. The van der Waals surface area contributed by atoms with E-state index in [-0.39, 0.29) is 6.04 Å². The van der Waals surface area contributed by atoms with E-state index in [1.807, 2.05) is 6.07 Å². The summed E-state index contributed by atoms with van der Waals surface area (Å²) in [7, 11) is 0. The lowest BCUT2D eigenvalue weighted by molar-refractivity contribution is 0.403. The summed E-state index contributed by atoms with van der Waals surface area (Å²) >= 11 is 0. The Morgan fingerprint density at radius 1 is 1.26 bits per heavy atom. The van der Waals surface area contributed by atoms with Gasteiger partial charge in [-0.1, -0.05) is 37.3 Å². The first-order valence-electron chi connectivity index (χ1n) is 7.21. The fraction of sp³-hybridized carbons (Fsp3) is 0.412. The second kappa shape index (κ2) is 5.22. The van der Waals surface area contributed by atoms with E-state index < -0.39 is 0 Å². The molecule has 0 spiro atoms. The average molecular weight is 255 g/mol. The maximum atomic E-state index is 6.08. The summed E-state index contributed by atoms with van der Waals surface area (Å²) in [6.07, 6.45) is 7.78. The number of para-hydroxylation sites is 1. The van der Waals surface area contributed by atoms with Crippen molar-refractivity contribution >= 4 is 11.0 Å². The quantitative estimate of drug-likeness (QED) is 0.821. The van der Waals surface area contributed by atoms with E-state index in [0.29, 0.717) is 6.04 Å². The van der Waals surface area contributed by atoms with E-state index in [4.69, 9.17) is 4.42 Å². The van der Waals surface area contributed by atoms with Crippen LogP contribution in [0.2, 0.25) is 0 Å². The number of benzene rings is 1. The second-order valence-corrected chi connectivity index (χ2v) is 5.32. The van der Waals surface area contributed by atoms with Crippen LogP contribution in [0.15, 0.2) is 40.8 Å². The molecule has 2 aromatic rings. The van der Waals surface area contributed by atoms with Crippen LogP contribution in [0, 0.1) is 0 Å². The average Bonchev–Trinajstić information content (AvgIpc) is 3.04. The van der Waals surface area contributed by atoms with E-state index in [1.54, 1.807) is 0 Å². The molecule has 1 unspecified atom stereocenters. The second-order valence-electron chi connectivity index (χ2n) is 5.32. The number of hydrogen-bond donors (Lipinski definition) is 1. The molecule has 19 heavy (non-hydrogen) atoms. The maximum absolute atomic E-state index is 6.08. The van der Waals surface area contributed by atoms with Crippen LogP contribution in [0.4, 0.5) is 0 Å². The Kier molecular flexibility index (Phi) is 3.43. The van der Waals surface area contributed by atoms with Crippen LogP contribution < -0.4 is 5.32 Å². The van der Waals surface area contributed by atoms with Gasteiger partial charge >= 0.3 is 0 Å². The first kappa shape index (κ1) is 12.5. The van der Waals surface area contributed by atoms with Gasteiger partial charge in [-0.2, -0.15) is 0 Å². The van der Waals surface area contributed by atoms with Gasteiger partial charge in [-0.15, -0.1) is 0 Å². The van der Waals surface area contributed by atoms with E-state index in [0.717, 1.165) is 30.6 Å². The van der Waals surface area contributed by atoms with E-state index in [2.05, 4.69) is 49.5 Å². The molecule has 0 radical (unpaired) electrons. The predicted octanol–water partition coefficient (Wildman–Crippen LogP) is 4.36. The fourth-order valence-electron chi connectivity index (χ4n) is 3.01. The van der Waals surface area contributed by atoms with Gasteiger partial charge in [0.05, 0.1) is 6.04 Å². The van der Waals surface area contributed by atoms with Crippen LogP contribution in [0.1, 0.15) is 44.1 Å². The Hall–Kier alpha value is -1.54. The predicted molar refractivity (Wildman–Crippen MR) is 79.3 cm³/mol. The lowest BCUT2D eigenvalue weighted by atomic mass is 10.0. The molecule has 1 heterocycles. The Balaban J connectivity index is 1.90. The maximum Gasteiger partial charge on any atom is 0.134 e. The molecule has 1 aliphatic carbocycles. The summed E-state index contributed by atoms with van der Waals surface area (Å²) in [6.45, 7) is 4.40. The van der Waals surface area contributed by atoms with Crippen LogP contribution in [0.25, 0.3) is 11.0 Å². The van der Waals surface area contributed by atoms with Gasteiger partial charge in [-0.05, 0) is 32.3 Å². The number of hydrogen-bond acceptors (Lipinski definition) is 2. The highest BCUT2D eigenvalue weighted by molar-refractivity contribution is 5.82. The van der Waals surface area contributed by atoms with Crippen LogP contribution in [-0.2, 0) is 6.42 Å². The van der Waals surface area contributed by atoms with Gasteiger partial charge in [0.2, 0.25) is 0 Å². The Morgan fingerprint density at radius 3 is 2.74 bits per heavy atom. The molecule has 0 amide bonds. The van der Waals surface area contributed by atoms with Crippen molar-refractivity contribution < 1.29 is 4.42 Å². The van der Waals surface area contributed by atoms with Crippen molar-refractivity contribution in [1.82, 2.24) is 5.32 Å². The first-order chi connectivity index (χ1) is 9.29. The number of rotatable bonds is 4. The van der Waals surface area contributed by atoms with Gasteiger partial charge in [-0.3, -0.25) is 0 Å². The van der Waals surface area contributed by atoms with Gasteiger partial charge in [0.25, 0.3) is 0 Å². The molecule has 0 saturated carbocycles. The summed E-state index contributed by atoms with van der Waals surface area (Å²) < 4.78 is 6.08. The van der Waals surface area contributed by atoms with Crippen molar-refractivity contribution in [2.75, 3.05) is 0 Å². The minimum Gasteiger partial charge on any atom is -0.459 e. The Labute approximate surface area is 114 Å². The molecule has 0 saturated heterocycles. The van der Waals surface area contributed by atoms with Crippen LogP contribution in [-0.4, -0.2) is 6.04 Å². The van der Waals surface area contributed by atoms with Crippen molar-refractivity contribution in [3.8, 4) is 0 Å². The Bertz CT molecular complexity index is 588. The summed E-state index contributed by atoms with van der Waals surface area (Å²) in [6, 6.07) is 9.17. The molecule has 2 heteroatoms. The van der Waals surface area contributed by atoms with Crippen molar-refractivity contribution in [3.05, 3.63) is 47.7 Å². The third-order valence-corrected chi connectivity index (χ3v) is 3.97. The molecule has 0 bridgehead atoms. The first-order valence-corrected chi connectivity index (χ1v) is 7.21. The molecule has 1 atom stereocenters. The summed E-state index contributed by atoms with van der Waals surface area (Å²) in [5.74, 6) is 1.11. The zero-order valence-electron chi connectivity index (χ0n) is 11.6. The molecule has 1 aromatic carbocycles. The smallest absolute Gasteiger partial charge is 0.134 e. The monoisotopic (exact) mass is 255 g/mol. The van der Waals surface area contributed by atoms with Gasteiger partial charge in [-0.25, -0.2) is 0 Å². The lowest BCUT2D eigenvalue weighted by Gasteiger charge is -2.18. The van der Waals surface area contributed by atoms with Crippen molar-refractivity contribution in [2.24, 2.45) is 0 Å². The fourth-order valence-corrected chi connectivity index (χ4v) is 3.01.